The first kappa shape index (κ1) is 27.2. The molecule has 2 aliphatic heterocycles. The van der Waals surface area contributed by atoms with Crippen LogP contribution in [0.15, 0.2) is 48.5 Å². The summed E-state index contributed by atoms with van der Waals surface area (Å²) in [5.74, 6) is 0.680. The van der Waals surface area contributed by atoms with E-state index in [2.05, 4.69) is 20.8 Å². The van der Waals surface area contributed by atoms with Crippen molar-refractivity contribution in [2.75, 3.05) is 50.6 Å². The molecule has 3 aromatic rings. The fraction of sp³-hybridized carbons (Fsp3) is 0.414. The van der Waals surface area contributed by atoms with Crippen molar-refractivity contribution in [1.29, 1.82) is 0 Å². The molecule has 0 N–H and O–H groups in total. The first-order valence-electron chi connectivity index (χ1n) is 13.0. The van der Waals surface area contributed by atoms with Crippen molar-refractivity contribution >= 4 is 29.4 Å². The lowest BCUT2D eigenvalue weighted by Gasteiger charge is -2.30. The zero-order valence-electron chi connectivity index (χ0n) is 22.6. The van der Waals surface area contributed by atoms with Crippen LogP contribution in [0.5, 0.6) is 5.75 Å². The number of rotatable bonds is 5. The van der Waals surface area contributed by atoms with Crippen molar-refractivity contribution in [2.45, 2.75) is 31.4 Å². The Labute approximate surface area is 232 Å². The zero-order valence-corrected chi connectivity index (χ0v) is 23.5. The molecule has 0 radical (unpaired) electrons. The van der Waals surface area contributed by atoms with Gasteiger partial charge in [-0.15, -0.1) is 11.8 Å². The quantitative estimate of drug-likeness (QED) is 0.469. The van der Waals surface area contributed by atoms with Crippen molar-refractivity contribution in [1.82, 2.24) is 14.7 Å². The van der Waals surface area contributed by atoms with Gasteiger partial charge in [0.2, 0.25) is 11.8 Å². The maximum absolute atomic E-state index is 14.4. The highest BCUT2D eigenvalue weighted by Gasteiger charge is 2.40. The minimum atomic E-state index is -0.402. The molecular weight excluding hydrogens is 519 g/mol. The number of carbonyl (C=O) groups excluding carboxylic acids is 2. The van der Waals surface area contributed by atoms with Gasteiger partial charge in [-0.25, -0.2) is 9.07 Å². The number of nitrogens with zero attached hydrogens (tertiary/aromatic N) is 4. The molecule has 10 heteroatoms. The standard InChI is InChI=1S/C29H33FN4O4S/c1-29(2,3)27-25-26(19-6-5-7-20(30)16-19)39-18-24(36)33(17-23(35)32-12-14-38-15-13-32)28(25)34(31-27)21-8-10-22(37-4)11-9-21/h5-11,16,26H,12-15,17-18H2,1-4H3. The molecular formula is C29H33FN4O4S. The van der Waals surface area contributed by atoms with Gasteiger partial charge in [-0.3, -0.25) is 14.5 Å². The van der Waals surface area contributed by atoms with E-state index in [1.165, 1.54) is 23.9 Å². The summed E-state index contributed by atoms with van der Waals surface area (Å²) < 4.78 is 26.9. The summed E-state index contributed by atoms with van der Waals surface area (Å²) in [7, 11) is 1.60. The van der Waals surface area contributed by atoms with E-state index in [0.717, 1.165) is 22.5 Å². The Morgan fingerprint density at radius 1 is 1.15 bits per heavy atom. The second kappa shape index (κ2) is 11.0. The number of fused-ring (bicyclic) bond motifs is 1. The Kier molecular flexibility index (Phi) is 7.68. The Morgan fingerprint density at radius 2 is 1.87 bits per heavy atom. The number of amides is 2. The van der Waals surface area contributed by atoms with E-state index in [4.69, 9.17) is 14.6 Å². The summed E-state index contributed by atoms with van der Waals surface area (Å²) in [6.45, 7) is 8.00. The third kappa shape index (κ3) is 5.53. The third-order valence-electron chi connectivity index (χ3n) is 6.93. The number of hydrogen-bond acceptors (Lipinski definition) is 6. The van der Waals surface area contributed by atoms with Gasteiger partial charge in [-0.05, 0) is 42.0 Å². The number of morpholine rings is 1. The van der Waals surface area contributed by atoms with E-state index in [-0.39, 0.29) is 35.2 Å². The number of hydrogen-bond donors (Lipinski definition) is 0. The third-order valence-corrected chi connectivity index (χ3v) is 8.18. The van der Waals surface area contributed by atoms with Crippen molar-refractivity contribution in [3.8, 4) is 11.4 Å². The van der Waals surface area contributed by atoms with Crippen LogP contribution in [-0.4, -0.2) is 72.2 Å². The van der Waals surface area contributed by atoms with Gasteiger partial charge in [-0.2, -0.15) is 5.10 Å². The monoisotopic (exact) mass is 552 g/mol. The van der Waals surface area contributed by atoms with Crippen LogP contribution in [0.2, 0.25) is 0 Å². The molecule has 3 heterocycles. The van der Waals surface area contributed by atoms with Gasteiger partial charge in [0.15, 0.2) is 0 Å². The molecule has 1 saturated heterocycles. The summed E-state index contributed by atoms with van der Waals surface area (Å²) in [5.41, 5.74) is 2.67. The average molecular weight is 553 g/mol. The van der Waals surface area contributed by atoms with Gasteiger partial charge in [0.25, 0.3) is 0 Å². The topological polar surface area (TPSA) is 76.9 Å². The minimum Gasteiger partial charge on any atom is -0.497 e. The van der Waals surface area contributed by atoms with E-state index in [0.29, 0.717) is 37.9 Å². The zero-order chi connectivity index (χ0) is 27.7. The number of thioether (sulfide) groups is 1. The van der Waals surface area contributed by atoms with E-state index >= 15 is 0 Å². The molecule has 2 amide bonds. The number of ether oxygens (including phenoxy) is 2. The second-order valence-corrected chi connectivity index (χ2v) is 11.8. The Bertz CT molecular complexity index is 1360. The number of anilines is 1. The van der Waals surface area contributed by atoms with Crippen LogP contribution in [0.25, 0.3) is 5.69 Å². The highest BCUT2D eigenvalue weighted by atomic mass is 32.2. The highest BCUT2D eigenvalue weighted by Crippen LogP contribution is 2.48. The molecule has 2 aliphatic rings. The molecule has 1 atom stereocenters. The number of methoxy groups -OCH3 is 1. The lowest BCUT2D eigenvalue weighted by molar-refractivity contribution is -0.134. The molecule has 1 aromatic heterocycles. The van der Waals surface area contributed by atoms with Crippen LogP contribution in [0.3, 0.4) is 0 Å². The van der Waals surface area contributed by atoms with Crippen LogP contribution < -0.4 is 9.64 Å². The summed E-state index contributed by atoms with van der Waals surface area (Å²) in [5, 5.41) is 4.71. The summed E-state index contributed by atoms with van der Waals surface area (Å²) in [4.78, 5) is 30.5. The maximum Gasteiger partial charge on any atom is 0.242 e. The maximum atomic E-state index is 14.4. The van der Waals surface area contributed by atoms with Crippen molar-refractivity contribution in [2.24, 2.45) is 0 Å². The van der Waals surface area contributed by atoms with E-state index in [1.807, 2.05) is 30.3 Å². The molecule has 0 saturated carbocycles. The van der Waals surface area contributed by atoms with Crippen LogP contribution >= 0.6 is 11.8 Å². The van der Waals surface area contributed by atoms with Gasteiger partial charge in [0, 0.05) is 24.1 Å². The fourth-order valence-corrected chi connectivity index (χ4v) is 6.15. The molecule has 5 rings (SSSR count). The Morgan fingerprint density at radius 3 is 2.51 bits per heavy atom. The van der Waals surface area contributed by atoms with Crippen LogP contribution in [-0.2, 0) is 19.7 Å². The lowest BCUT2D eigenvalue weighted by atomic mass is 9.87. The smallest absolute Gasteiger partial charge is 0.242 e. The average Bonchev–Trinajstić information content (AvgIpc) is 3.27. The number of carbonyl (C=O) groups is 2. The second-order valence-electron chi connectivity index (χ2n) is 10.7. The van der Waals surface area contributed by atoms with Crippen molar-refractivity contribution in [3.05, 3.63) is 71.2 Å². The van der Waals surface area contributed by atoms with Crippen LogP contribution in [0, 0.1) is 5.82 Å². The first-order chi connectivity index (χ1) is 18.7. The van der Waals surface area contributed by atoms with E-state index in [9.17, 15) is 14.0 Å². The Balaban J connectivity index is 1.72. The minimum absolute atomic E-state index is 0.117. The van der Waals surface area contributed by atoms with Crippen LogP contribution in [0.4, 0.5) is 10.2 Å². The predicted molar refractivity (Wildman–Crippen MR) is 149 cm³/mol. The summed E-state index contributed by atoms with van der Waals surface area (Å²) >= 11 is 1.43. The molecule has 1 fully saturated rings. The Hall–Kier alpha value is -3.37. The number of halogens is 1. The number of benzene rings is 2. The summed E-state index contributed by atoms with van der Waals surface area (Å²) in [6, 6.07) is 13.9. The molecule has 0 bridgehead atoms. The van der Waals surface area contributed by atoms with Crippen LogP contribution in [0.1, 0.15) is 42.8 Å². The van der Waals surface area contributed by atoms with Crippen molar-refractivity contribution < 1.29 is 23.5 Å². The molecule has 8 nitrogen and oxygen atoms in total. The van der Waals surface area contributed by atoms with Gasteiger partial charge in [0.05, 0.1) is 42.7 Å². The van der Waals surface area contributed by atoms with Gasteiger partial charge in [-0.1, -0.05) is 32.9 Å². The van der Waals surface area contributed by atoms with E-state index < -0.39 is 5.41 Å². The SMILES string of the molecule is COc1ccc(-n2nc(C(C)(C)C)c3c2N(CC(=O)N2CCOCC2)C(=O)CSC3c2cccc(F)c2)cc1. The lowest BCUT2D eigenvalue weighted by Crippen LogP contribution is -2.48. The fourth-order valence-electron chi connectivity index (χ4n) is 4.96. The van der Waals surface area contributed by atoms with Gasteiger partial charge < -0.3 is 14.4 Å². The molecule has 206 valence electrons. The molecule has 0 aliphatic carbocycles. The first-order valence-corrected chi connectivity index (χ1v) is 14.0. The van der Waals surface area contributed by atoms with Gasteiger partial charge >= 0.3 is 0 Å². The van der Waals surface area contributed by atoms with Gasteiger partial charge in [0.1, 0.15) is 23.9 Å². The van der Waals surface area contributed by atoms with Crippen molar-refractivity contribution in [3.63, 3.8) is 0 Å². The summed E-state index contributed by atoms with van der Waals surface area (Å²) in [6.07, 6.45) is 0. The molecule has 1 unspecified atom stereocenters. The molecule has 2 aromatic carbocycles. The number of aromatic nitrogens is 2. The highest BCUT2D eigenvalue weighted by molar-refractivity contribution is 8.00. The predicted octanol–water partition coefficient (Wildman–Crippen LogP) is 4.35. The molecule has 39 heavy (non-hydrogen) atoms. The molecule has 0 spiro atoms. The normalized spacial score (nSPS) is 18.1. The largest absolute Gasteiger partial charge is 0.497 e. The van der Waals surface area contributed by atoms with E-state index in [1.54, 1.807) is 27.7 Å².